The topological polar surface area (TPSA) is 38.2 Å². The van der Waals surface area contributed by atoms with Crippen molar-refractivity contribution < 1.29 is 4.74 Å². The van der Waals surface area contributed by atoms with E-state index in [4.69, 9.17) is 4.74 Å². The molecule has 1 aliphatic rings. The second kappa shape index (κ2) is 4.90. The Bertz CT molecular complexity index is 334. The van der Waals surface area contributed by atoms with Crippen LogP contribution < -0.4 is 4.90 Å². The summed E-state index contributed by atoms with van der Waals surface area (Å²) in [5.74, 6) is 0.796. The molecule has 0 radical (unpaired) electrons. The molecular weight excluding hydrogens is 258 g/mol. The summed E-state index contributed by atoms with van der Waals surface area (Å²) in [5.41, 5.74) is 0.997. The van der Waals surface area contributed by atoms with Gasteiger partial charge in [0.2, 0.25) is 5.95 Å². The molecule has 1 fully saturated rings. The van der Waals surface area contributed by atoms with Gasteiger partial charge in [0, 0.05) is 25.0 Å². The van der Waals surface area contributed by atoms with Crippen LogP contribution in [0.3, 0.4) is 0 Å². The second-order valence-corrected chi connectivity index (χ2v) is 4.91. The number of aryl methyl sites for hydroxylation is 1. The van der Waals surface area contributed by atoms with E-state index in [-0.39, 0.29) is 0 Å². The maximum absolute atomic E-state index is 5.44. The van der Waals surface area contributed by atoms with Gasteiger partial charge in [-0.25, -0.2) is 9.97 Å². The molecule has 1 aromatic rings. The number of hydrogen-bond donors (Lipinski definition) is 0. The average molecular weight is 272 g/mol. The predicted octanol–water partition coefficient (Wildman–Crippen LogP) is 1.39. The van der Waals surface area contributed by atoms with Gasteiger partial charge in [-0.15, -0.1) is 0 Å². The molecule has 0 aromatic carbocycles. The van der Waals surface area contributed by atoms with Gasteiger partial charge in [-0.2, -0.15) is 0 Å². The monoisotopic (exact) mass is 271 g/mol. The van der Waals surface area contributed by atoms with Crippen molar-refractivity contribution in [3.8, 4) is 0 Å². The van der Waals surface area contributed by atoms with Crippen LogP contribution >= 0.6 is 15.9 Å². The summed E-state index contributed by atoms with van der Waals surface area (Å²) in [6, 6.07) is 1.91. The molecule has 0 N–H and O–H groups in total. The molecule has 0 spiro atoms. The Kier molecular flexibility index (Phi) is 3.53. The van der Waals surface area contributed by atoms with Crippen LogP contribution in [0.25, 0.3) is 0 Å². The summed E-state index contributed by atoms with van der Waals surface area (Å²) in [6.07, 6.45) is 1.80. The van der Waals surface area contributed by atoms with E-state index in [1.165, 1.54) is 0 Å². The fourth-order valence-electron chi connectivity index (χ4n) is 1.54. The minimum absolute atomic E-state index is 0.351. The third-order valence-electron chi connectivity index (χ3n) is 2.29. The van der Waals surface area contributed by atoms with Crippen molar-refractivity contribution in [2.75, 3.05) is 31.2 Å². The summed E-state index contributed by atoms with van der Waals surface area (Å²) in [5, 5.41) is 0. The van der Waals surface area contributed by atoms with Gasteiger partial charge in [0.1, 0.15) is 0 Å². The van der Waals surface area contributed by atoms with E-state index in [1.807, 2.05) is 13.0 Å². The maximum Gasteiger partial charge on any atom is 0.225 e. The fourth-order valence-corrected chi connectivity index (χ4v) is 2.08. The molecule has 15 heavy (non-hydrogen) atoms. The number of ether oxygens (including phenoxy) is 1. The summed E-state index contributed by atoms with van der Waals surface area (Å²) in [7, 11) is 0. The Balaban J connectivity index is 2.14. The van der Waals surface area contributed by atoms with Crippen molar-refractivity contribution in [3.05, 3.63) is 18.0 Å². The summed E-state index contributed by atoms with van der Waals surface area (Å²) < 4.78 is 5.44. The van der Waals surface area contributed by atoms with Crippen LogP contribution in [0.4, 0.5) is 5.95 Å². The Labute approximate surface area is 97.8 Å². The minimum Gasteiger partial charge on any atom is -0.378 e. The lowest BCUT2D eigenvalue weighted by Gasteiger charge is -2.20. The van der Waals surface area contributed by atoms with E-state index in [0.717, 1.165) is 37.9 Å². The summed E-state index contributed by atoms with van der Waals surface area (Å²) >= 11 is 3.57. The largest absolute Gasteiger partial charge is 0.378 e. The number of nitrogens with zero attached hydrogens (tertiary/aromatic N) is 3. The van der Waals surface area contributed by atoms with E-state index in [1.54, 1.807) is 6.20 Å². The second-order valence-electron chi connectivity index (χ2n) is 3.62. The normalized spacial score (nSPS) is 22.5. The van der Waals surface area contributed by atoms with Crippen molar-refractivity contribution in [1.82, 2.24) is 9.97 Å². The predicted molar refractivity (Wildman–Crippen MR) is 62.5 cm³/mol. The Morgan fingerprint density at radius 1 is 1.60 bits per heavy atom. The molecule has 1 unspecified atom stereocenters. The Hall–Kier alpha value is -0.680. The molecule has 1 atom stereocenters. The Morgan fingerprint density at radius 3 is 3.27 bits per heavy atom. The van der Waals surface area contributed by atoms with Gasteiger partial charge in [0.05, 0.1) is 18.0 Å². The molecule has 1 aliphatic heterocycles. The zero-order valence-electron chi connectivity index (χ0n) is 8.69. The first-order valence-electron chi connectivity index (χ1n) is 5.02. The highest BCUT2D eigenvalue weighted by molar-refractivity contribution is 9.09. The third-order valence-corrected chi connectivity index (χ3v) is 2.84. The van der Waals surface area contributed by atoms with E-state index in [2.05, 4.69) is 30.8 Å². The molecule has 1 aromatic heterocycles. The van der Waals surface area contributed by atoms with E-state index < -0.39 is 0 Å². The van der Waals surface area contributed by atoms with Crippen LogP contribution in [0.15, 0.2) is 12.3 Å². The number of hydrogen-bond acceptors (Lipinski definition) is 4. The molecule has 0 bridgehead atoms. The number of rotatable bonds is 1. The highest BCUT2D eigenvalue weighted by Crippen LogP contribution is 2.13. The van der Waals surface area contributed by atoms with Crippen LogP contribution in [0.1, 0.15) is 5.69 Å². The highest BCUT2D eigenvalue weighted by Gasteiger charge is 2.18. The van der Waals surface area contributed by atoms with Gasteiger partial charge in [-0.3, -0.25) is 0 Å². The van der Waals surface area contributed by atoms with Gasteiger partial charge in [0.25, 0.3) is 0 Å². The number of halogens is 1. The van der Waals surface area contributed by atoms with Crippen LogP contribution in [0.2, 0.25) is 0 Å². The quantitative estimate of drug-likeness (QED) is 0.724. The van der Waals surface area contributed by atoms with E-state index in [9.17, 15) is 0 Å². The SMILES string of the molecule is Cc1ccnc(N2CCOCC(Br)C2)n1. The van der Waals surface area contributed by atoms with Gasteiger partial charge < -0.3 is 9.64 Å². The van der Waals surface area contributed by atoms with Gasteiger partial charge in [-0.05, 0) is 13.0 Å². The molecule has 0 aliphatic carbocycles. The number of anilines is 1. The fraction of sp³-hybridized carbons (Fsp3) is 0.600. The molecule has 5 heteroatoms. The van der Waals surface area contributed by atoms with Crippen molar-refractivity contribution in [3.63, 3.8) is 0 Å². The smallest absolute Gasteiger partial charge is 0.225 e. The standard InChI is InChI=1S/C10H14BrN3O/c1-8-2-3-12-10(13-8)14-4-5-15-7-9(11)6-14/h2-3,9H,4-7H2,1H3. The van der Waals surface area contributed by atoms with Crippen LogP contribution in [-0.2, 0) is 4.74 Å². The maximum atomic E-state index is 5.44. The summed E-state index contributed by atoms with van der Waals surface area (Å²) in [4.78, 5) is 11.2. The molecule has 2 rings (SSSR count). The van der Waals surface area contributed by atoms with Crippen molar-refractivity contribution in [2.45, 2.75) is 11.8 Å². The lowest BCUT2D eigenvalue weighted by Crippen LogP contribution is -2.31. The highest BCUT2D eigenvalue weighted by atomic mass is 79.9. The lowest BCUT2D eigenvalue weighted by atomic mass is 10.4. The number of alkyl halides is 1. The van der Waals surface area contributed by atoms with Crippen LogP contribution in [0.5, 0.6) is 0 Å². The first kappa shape index (κ1) is 10.8. The first-order valence-corrected chi connectivity index (χ1v) is 5.93. The molecule has 4 nitrogen and oxygen atoms in total. The zero-order chi connectivity index (χ0) is 10.7. The molecule has 0 amide bonds. The third kappa shape index (κ3) is 2.89. The molecule has 0 saturated carbocycles. The Morgan fingerprint density at radius 2 is 2.47 bits per heavy atom. The van der Waals surface area contributed by atoms with Crippen LogP contribution in [0, 0.1) is 6.92 Å². The molecule has 2 heterocycles. The molecular formula is C10H14BrN3O. The molecule has 1 saturated heterocycles. The summed E-state index contributed by atoms with van der Waals surface area (Å²) in [6.45, 7) is 5.21. The number of aromatic nitrogens is 2. The minimum atomic E-state index is 0.351. The van der Waals surface area contributed by atoms with Crippen molar-refractivity contribution >= 4 is 21.9 Å². The first-order chi connectivity index (χ1) is 7.25. The van der Waals surface area contributed by atoms with Crippen molar-refractivity contribution in [2.24, 2.45) is 0 Å². The van der Waals surface area contributed by atoms with Gasteiger partial charge in [0.15, 0.2) is 0 Å². The average Bonchev–Trinajstić information content (AvgIpc) is 2.43. The van der Waals surface area contributed by atoms with E-state index >= 15 is 0 Å². The van der Waals surface area contributed by atoms with Gasteiger partial charge in [-0.1, -0.05) is 15.9 Å². The van der Waals surface area contributed by atoms with E-state index in [0.29, 0.717) is 4.83 Å². The molecule has 82 valence electrons. The zero-order valence-corrected chi connectivity index (χ0v) is 10.3. The van der Waals surface area contributed by atoms with Crippen molar-refractivity contribution in [1.29, 1.82) is 0 Å². The van der Waals surface area contributed by atoms with Crippen LogP contribution in [-0.4, -0.2) is 41.1 Å². The lowest BCUT2D eigenvalue weighted by molar-refractivity contribution is 0.156. The van der Waals surface area contributed by atoms with Gasteiger partial charge >= 0.3 is 0 Å².